The lowest BCUT2D eigenvalue weighted by molar-refractivity contribution is -0.00801. The third kappa shape index (κ3) is 6.01. The number of aryl methyl sites for hydroxylation is 1. The fraction of sp³-hybridized carbons (Fsp3) is 0.226. The number of fused-ring (bicyclic) bond motifs is 1. The molecule has 0 saturated heterocycles. The molecule has 0 aliphatic rings. The molecule has 0 aliphatic heterocycles. The molecule has 10 heteroatoms. The highest BCUT2D eigenvalue weighted by Crippen LogP contribution is 2.38. The molecule has 5 rings (SSSR count). The fourth-order valence-electron chi connectivity index (χ4n) is 4.44. The predicted molar refractivity (Wildman–Crippen MR) is 155 cm³/mol. The molecule has 1 amide bonds. The van der Waals surface area contributed by atoms with Crippen molar-refractivity contribution in [2.75, 3.05) is 11.9 Å². The first-order valence-electron chi connectivity index (χ1n) is 13.4. The van der Waals surface area contributed by atoms with Crippen molar-refractivity contribution >= 4 is 28.6 Å². The van der Waals surface area contributed by atoms with Crippen LogP contribution in [0.25, 0.3) is 22.2 Å². The molecule has 0 spiro atoms. The Morgan fingerprint density at radius 2 is 1.85 bits per heavy atom. The van der Waals surface area contributed by atoms with Gasteiger partial charge in [-0.05, 0) is 53.9 Å². The zero-order valence-corrected chi connectivity index (χ0v) is 23.0. The lowest BCUT2D eigenvalue weighted by Crippen LogP contribution is -2.24. The number of alkyl halides is 2. The van der Waals surface area contributed by atoms with Crippen molar-refractivity contribution < 1.29 is 18.3 Å². The summed E-state index contributed by atoms with van der Waals surface area (Å²) in [5.41, 5.74) is 3.52. The average Bonchev–Trinajstić information content (AvgIpc) is 3.29. The van der Waals surface area contributed by atoms with Crippen molar-refractivity contribution in [2.24, 2.45) is 7.05 Å². The zero-order chi connectivity index (χ0) is 29.0. The van der Waals surface area contributed by atoms with E-state index in [2.05, 4.69) is 20.6 Å². The number of anilines is 2. The number of amides is 1. The molecule has 41 heavy (non-hydrogen) atoms. The minimum Gasteiger partial charge on any atom is -0.457 e. The molecule has 2 aromatic carbocycles. The number of benzene rings is 2. The number of hydrogen-bond acceptors (Lipinski definition) is 6. The highest BCUT2D eigenvalue weighted by Gasteiger charge is 2.32. The summed E-state index contributed by atoms with van der Waals surface area (Å²) in [6.07, 6.45) is 4.80. The minimum atomic E-state index is -2.98. The number of pyridine rings is 2. The Hall–Kier alpha value is -4.86. The predicted octanol–water partition coefficient (Wildman–Crippen LogP) is 7.21. The number of imidazole rings is 1. The molecular weight excluding hydrogens is 526 g/mol. The lowest BCUT2D eigenvalue weighted by atomic mass is 9.96. The van der Waals surface area contributed by atoms with E-state index in [1.807, 2.05) is 54.9 Å². The Morgan fingerprint density at radius 3 is 2.66 bits per heavy atom. The van der Waals surface area contributed by atoms with E-state index in [9.17, 15) is 13.6 Å². The lowest BCUT2D eigenvalue weighted by Gasteiger charge is -2.18. The van der Waals surface area contributed by atoms with E-state index in [-0.39, 0.29) is 23.6 Å². The molecule has 0 radical (unpaired) electrons. The van der Waals surface area contributed by atoms with Crippen LogP contribution in [0.15, 0.2) is 79.3 Å². The van der Waals surface area contributed by atoms with Gasteiger partial charge in [-0.1, -0.05) is 26.0 Å². The van der Waals surface area contributed by atoms with Gasteiger partial charge in [0.1, 0.15) is 17.2 Å². The molecule has 0 fully saturated rings. The maximum absolute atomic E-state index is 14.6. The Kier molecular flexibility index (Phi) is 7.91. The molecule has 3 heterocycles. The molecule has 0 saturated carbocycles. The van der Waals surface area contributed by atoms with Gasteiger partial charge in [-0.3, -0.25) is 14.8 Å². The first-order chi connectivity index (χ1) is 19.8. The molecule has 3 aromatic heterocycles. The number of carbonyl (C=O) groups excluding carboxylic acids is 1. The molecule has 0 atom stereocenters. The number of halogens is 2. The number of nitrogens with one attached hydrogen (secondary N) is 2. The van der Waals surface area contributed by atoms with Crippen molar-refractivity contribution in [2.45, 2.75) is 32.6 Å². The SMILES string of the molecule is CCCNC(=O)c1cc(Oc2ccc3c(c2)nc(Nc2cccc(-c4ccncc4C(F)(F)CC)c2)n3C)ccn1. The summed E-state index contributed by atoms with van der Waals surface area (Å²) in [6, 6.07) is 17.7. The molecule has 2 N–H and O–H groups in total. The van der Waals surface area contributed by atoms with Gasteiger partial charge in [-0.15, -0.1) is 0 Å². The van der Waals surface area contributed by atoms with Crippen molar-refractivity contribution in [3.05, 3.63) is 90.5 Å². The van der Waals surface area contributed by atoms with Crippen molar-refractivity contribution in [3.8, 4) is 22.6 Å². The van der Waals surface area contributed by atoms with Crippen LogP contribution in [0.3, 0.4) is 0 Å². The number of rotatable bonds is 10. The second kappa shape index (κ2) is 11.7. The van der Waals surface area contributed by atoms with E-state index >= 15 is 0 Å². The first kappa shape index (κ1) is 27.7. The van der Waals surface area contributed by atoms with Crippen LogP contribution >= 0.6 is 0 Å². The summed E-state index contributed by atoms with van der Waals surface area (Å²) < 4.78 is 37.1. The third-order valence-electron chi connectivity index (χ3n) is 6.68. The van der Waals surface area contributed by atoms with Crippen LogP contribution in [-0.2, 0) is 13.0 Å². The molecular formula is C31H30F2N6O2. The maximum Gasteiger partial charge on any atom is 0.275 e. The number of ether oxygens (including phenoxy) is 1. The molecule has 0 aliphatic carbocycles. The summed E-state index contributed by atoms with van der Waals surface area (Å²) >= 11 is 0. The van der Waals surface area contributed by atoms with Gasteiger partial charge in [0.25, 0.3) is 11.8 Å². The molecule has 0 unspecified atom stereocenters. The fourth-order valence-corrected chi connectivity index (χ4v) is 4.44. The van der Waals surface area contributed by atoms with Gasteiger partial charge in [-0.25, -0.2) is 13.8 Å². The molecule has 8 nitrogen and oxygen atoms in total. The van der Waals surface area contributed by atoms with Crippen LogP contribution in [0.1, 0.15) is 42.7 Å². The van der Waals surface area contributed by atoms with Crippen LogP contribution < -0.4 is 15.4 Å². The van der Waals surface area contributed by atoms with Crippen LogP contribution in [0.5, 0.6) is 11.5 Å². The normalized spacial score (nSPS) is 11.4. The van der Waals surface area contributed by atoms with Crippen LogP contribution in [-0.4, -0.2) is 32.0 Å². The third-order valence-corrected chi connectivity index (χ3v) is 6.68. The number of aromatic nitrogens is 4. The minimum absolute atomic E-state index is 0.0992. The quantitative estimate of drug-likeness (QED) is 0.189. The van der Waals surface area contributed by atoms with Gasteiger partial charge in [-0.2, -0.15) is 0 Å². The highest BCUT2D eigenvalue weighted by molar-refractivity contribution is 5.92. The number of carbonyl (C=O) groups is 1. The monoisotopic (exact) mass is 556 g/mol. The van der Waals surface area contributed by atoms with E-state index in [0.717, 1.165) is 11.9 Å². The van der Waals surface area contributed by atoms with Crippen molar-refractivity contribution in [1.82, 2.24) is 24.8 Å². The van der Waals surface area contributed by atoms with Crippen molar-refractivity contribution in [3.63, 3.8) is 0 Å². The van der Waals surface area contributed by atoms with Crippen LogP contribution in [0, 0.1) is 0 Å². The van der Waals surface area contributed by atoms with Gasteiger partial charge >= 0.3 is 0 Å². The second-order valence-corrected chi connectivity index (χ2v) is 9.56. The van der Waals surface area contributed by atoms with Gasteiger partial charge in [0.05, 0.1) is 11.0 Å². The topological polar surface area (TPSA) is 94.0 Å². The maximum atomic E-state index is 14.6. The van der Waals surface area contributed by atoms with E-state index < -0.39 is 5.92 Å². The van der Waals surface area contributed by atoms with Gasteiger partial charge in [0.2, 0.25) is 5.95 Å². The van der Waals surface area contributed by atoms with Crippen LogP contribution in [0.2, 0.25) is 0 Å². The largest absolute Gasteiger partial charge is 0.457 e. The standard InChI is InChI=1S/C31H30F2N6O2/c1-4-13-36-29(40)27-18-23(11-15-35-27)41-22-9-10-28-26(17-22)38-30(39(28)3)37-21-8-6-7-20(16-21)24-12-14-34-19-25(24)31(32,33)5-2/h6-12,14-19H,4-5,13H2,1-3H3,(H,36,40)(H,37,38). The van der Waals surface area contributed by atoms with Gasteiger partial charge in [0.15, 0.2) is 0 Å². The van der Waals surface area contributed by atoms with Crippen molar-refractivity contribution in [1.29, 1.82) is 0 Å². The van der Waals surface area contributed by atoms with E-state index in [1.165, 1.54) is 25.5 Å². The Morgan fingerprint density at radius 1 is 1.02 bits per heavy atom. The number of nitrogens with zero attached hydrogens (tertiary/aromatic N) is 4. The van der Waals surface area contributed by atoms with Gasteiger partial charge in [0, 0.05) is 62.0 Å². The molecule has 5 aromatic rings. The van der Waals surface area contributed by atoms with Crippen LogP contribution in [0.4, 0.5) is 20.4 Å². The zero-order valence-electron chi connectivity index (χ0n) is 23.0. The first-order valence-corrected chi connectivity index (χ1v) is 13.4. The summed E-state index contributed by atoms with van der Waals surface area (Å²) in [5, 5.41) is 6.11. The summed E-state index contributed by atoms with van der Waals surface area (Å²) in [5.74, 6) is -1.63. The Bertz CT molecular complexity index is 1700. The van der Waals surface area contributed by atoms with E-state index in [0.29, 0.717) is 46.3 Å². The van der Waals surface area contributed by atoms with E-state index in [1.54, 1.807) is 24.3 Å². The van der Waals surface area contributed by atoms with E-state index in [4.69, 9.17) is 9.72 Å². The number of hydrogen-bond donors (Lipinski definition) is 2. The summed E-state index contributed by atoms with van der Waals surface area (Å²) in [6.45, 7) is 4.01. The molecule has 210 valence electrons. The molecule has 0 bridgehead atoms. The van der Waals surface area contributed by atoms with Gasteiger partial charge < -0.3 is 19.9 Å². The Labute approximate surface area is 236 Å². The second-order valence-electron chi connectivity index (χ2n) is 9.56. The summed E-state index contributed by atoms with van der Waals surface area (Å²) in [4.78, 5) is 25.0. The average molecular weight is 557 g/mol. The smallest absolute Gasteiger partial charge is 0.275 e. The highest BCUT2D eigenvalue weighted by atomic mass is 19.3. The summed E-state index contributed by atoms with van der Waals surface area (Å²) in [7, 11) is 1.88. The Balaban J connectivity index is 1.38.